The van der Waals surface area contributed by atoms with Crippen molar-refractivity contribution in [3.05, 3.63) is 53.6 Å². The van der Waals surface area contributed by atoms with Crippen LogP contribution in [0.2, 0.25) is 0 Å². The lowest BCUT2D eigenvalue weighted by atomic mass is 10.1. The second kappa shape index (κ2) is 7.25. The smallest absolute Gasteiger partial charge is 0.315 e. The second-order valence-corrected chi connectivity index (χ2v) is 8.09. The van der Waals surface area contributed by atoms with E-state index in [9.17, 15) is 13.2 Å². The van der Waals surface area contributed by atoms with Gasteiger partial charge in [0, 0.05) is 12.8 Å². The largest absolute Gasteiger partial charge is 0.454 e. The molecule has 1 aliphatic heterocycles. The molecule has 0 radical (unpaired) electrons. The Kier molecular flexibility index (Phi) is 5.03. The summed E-state index contributed by atoms with van der Waals surface area (Å²) in [4.78, 5) is 12.3. The van der Waals surface area contributed by atoms with E-state index >= 15 is 0 Å². The van der Waals surface area contributed by atoms with Crippen molar-refractivity contribution in [1.29, 1.82) is 0 Å². The average Bonchev–Trinajstić information content (AvgIpc) is 3.07. The predicted molar refractivity (Wildman–Crippen MR) is 95.9 cm³/mol. The number of sulfone groups is 1. The summed E-state index contributed by atoms with van der Waals surface area (Å²) in [6.07, 6.45) is 1.16. The topological polar surface area (TPSA) is 93.7 Å². The lowest BCUT2D eigenvalue weighted by molar-refractivity contribution is 0.174. The fraction of sp³-hybridized carbons (Fsp3) is 0.278. The minimum atomic E-state index is -3.23. The van der Waals surface area contributed by atoms with Crippen molar-refractivity contribution in [3.8, 4) is 11.5 Å². The number of amides is 2. The molecule has 2 aromatic carbocycles. The molecule has 0 fully saturated rings. The summed E-state index contributed by atoms with van der Waals surface area (Å²) >= 11 is 0. The van der Waals surface area contributed by atoms with E-state index in [0.29, 0.717) is 18.0 Å². The summed E-state index contributed by atoms with van der Waals surface area (Å²) in [7, 11) is -3.23. The van der Waals surface area contributed by atoms with Gasteiger partial charge in [-0.2, -0.15) is 0 Å². The number of rotatable bonds is 5. The number of fused-ring (bicyclic) bond motifs is 1. The second-order valence-electron chi connectivity index (χ2n) is 6.08. The maximum absolute atomic E-state index is 12.1. The SMILES string of the molecule is C[C@@H](NC(=O)NCc1ccc2c(c1)OCO2)c1ccc(S(C)(=O)=O)cc1. The van der Waals surface area contributed by atoms with Gasteiger partial charge in [-0.05, 0) is 42.3 Å². The third-order valence-electron chi connectivity index (χ3n) is 4.05. The Hall–Kier alpha value is -2.74. The van der Waals surface area contributed by atoms with Crippen molar-refractivity contribution in [1.82, 2.24) is 10.6 Å². The number of hydrogen-bond acceptors (Lipinski definition) is 5. The molecule has 1 aliphatic rings. The molecule has 0 saturated carbocycles. The highest BCUT2D eigenvalue weighted by atomic mass is 32.2. The normalized spacial score (nSPS) is 13.9. The molecule has 8 heteroatoms. The van der Waals surface area contributed by atoms with Crippen molar-refractivity contribution in [3.63, 3.8) is 0 Å². The number of carbonyl (C=O) groups excluding carboxylic acids is 1. The van der Waals surface area contributed by atoms with Gasteiger partial charge >= 0.3 is 6.03 Å². The molecule has 0 bridgehead atoms. The molecule has 0 unspecified atom stereocenters. The fourth-order valence-corrected chi connectivity index (χ4v) is 3.20. The molecule has 3 rings (SSSR count). The molecule has 1 heterocycles. The fourth-order valence-electron chi connectivity index (χ4n) is 2.57. The van der Waals surface area contributed by atoms with Gasteiger partial charge in [0.05, 0.1) is 10.9 Å². The number of carbonyl (C=O) groups is 1. The standard InChI is InChI=1S/C18H20N2O5S/c1-12(14-4-6-15(7-5-14)26(2,22)23)20-18(21)19-10-13-3-8-16-17(9-13)25-11-24-16/h3-9,12H,10-11H2,1-2H3,(H2,19,20,21)/t12-/m1/s1. The van der Waals surface area contributed by atoms with Gasteiger partial charge in [0.15, 0.2) is 21.3 Å². The third kappa shape index (κ3) is 4.26. The quantitative estimate of drug-likeness (QED) is 0.836. The molecule has 2 aromatic rings. The van der Waals surface area contributed by atoms with E-state index in [2.05, 4.69) is 10.6 Å². The summed E-state index contributed by atoms with van der Waals surface area (Å²) in [6.45, 7) is 2.39. The summed E-state index contributed by atoms with van der Waals surface area (Å²) in [6, 6.07) is 11.4. The van der Waals surface area contributed by atoms with Crippen molar-refractivity contribution in [2.45, 2.75) is 24.4 Å². The summed E-state index contributed by atoms with van der Waals surface area (Å²) in [5.74, 6) is 1.37. The Morgan fingerprint density at radius 1 is 1.12 bits per heavy atom. The third-order valence-corrected chi connectivity index (χ3v) is 5.17. The first-order chi connectivity index (χ1) is 12.3. The first-order valence-corrected chi connectivity index (χ1v) is 9.95. The van der Waals surface area contributed by atoms with E-state index in [4.69, 9.17) is 9.47 Å². The minimum Gasteiger partial charge on any atom is -0.454 e. The van der Waals surface area contributed by atoms with E-state index < -0.39 is 9.84 Å². The highest BCUT2D eigenvalue weighted by Crippen LogP contribution is 2.32. The highest BCUT2D eigenvalue weighted by molar-refractivity contribution is 7.90. The van der Waals surface area contributed by atoms with Crippen LogP contribution in [0.15, 0.2) is 47.4 Å². The van der Waals surface area contributed by atoms with E-state index in [1.165, 1.54) is 12.1 Å². The van der Waals surface area contributed by atoms with Crippen LogP contribution in [0.4, 0.5) is 4.79 Å². The zero-order valence-electron chi connectivity index (χ0n) is 14.5. The zero-order valence-corrected chi connectivity index (χ0v) is 15.3. The molecular weight excluding hydrogens is 356 g/mol. The predicted octanol–water partition coefficient (Wildman–Crippen LogP) is 2.38. The Bertz CT molecular complexity index is 910. The highest BCUT2D eigenvalue weighted by Gasteiger charge is 2.14. The molecule has 0 spiro atoms. The Morgan fingerprint density at radius 3 is 2.50 bits per heavy atom. The summed E-state index contributed by atoms with van der Waals surface area (Å²) < 4.78 is 33.5. The molecule has 0 aromatic heterocycles. The van der Waals surface area contributed by atoms with E-state index in [-0.39, 0.29) is 23.8 Å². The van der Waals surface area contributed by atoms with Gasteiger partial charge in [-0.1, -0.05) is 18.2 Å². The Balaban J connectivity index is 1.54. The van der Waals surface area contributed by atoms with Gasteiger partial charge in [-0.15, -0.1) is 0 Å². The van der Waals surface area contributed by atoms with Crippen molar-refractivity contribution < 1.29 is 22.7 Å². The average molecular weight is 376 g/mol. The van der Waals surface area contributed by atoms with Gasteiger partial charge in [0.25, 0.3) is 0 Å². The van der Waals surface area contributed by atoms with Crippen molar-refractivity contribution in [2.24, 2.45) is 0 Å². The van der Waals surface area contributed by atoms with Crippen molar-refractivity contribution in [2.75, 3.05) is 13.0 Å². The molecule has 0 aliphatic carbocycles. The number of urea groups is 1. The van der Waals surface area contributed by atoms with E-state index in [0.717, 1.165) is 17.4 Å². The molecule has 138 valence electrons. The molecule has 7 nitrogen and oxygen atoms in total. The van der Waals surface area contributed by atoms with Gasteiger partial charge in [0.1, 0.15) is 0 Å². The van der Waals surface area contributed by atoms with E-state index in [1.807, 2.05) is 25.1 Å². The van der Waals surface area contributed by atoms with Crippen LogP contribution in [-0.4, -0.2) is 27.5 Å². The summed E-state index contributed by atoms with van der Waals surface area (Å²) in [5.41, 5.74) is 1.71. The molecule has 0 saturated heterocycles. The monoisotopic (exact) mass is 376 g/mol. The maximum atomic E-state index is 12.1. The molecule has 1 atom stereocenters. The van der Waals surface area contributed by atoms with Crippen molar-refractivity contribution >= 4 is 15.9 Å². The van der Waals surface area contributed by atoms with Gasteiger partial charge in [0.2, 0.25) is 6.79 Å². The lowest BCUT2D eigenvalue weighted by Gasteiger charge is -2.15. The first kappa shape index (κ1) is 18.1. The zero-order chi connectivity index (χ0) is 18.7. The van der Waals surface area contributed by atoms with Gasteiger partial charge < -0.3 is 20.1 Å². The van der Waals surface area contributed by atoms with Crippen LogP contribution in [0.1, 0.15) is 24.1 Å². The number of nitrogens with one attached hydrogen (secondary N) is 2. The van der Waals surface area contributed by atoms with Crippen LogP contribution in [0.25, 0.3) is 0 Å². The Labute approximate surface area is 152 Å². The molecule has 2 amide bonds. The van der Waals surface area contributed by atoms with Crippen LogP contribution >= 0.6 is 0 Å². The maximum Gasteiger partial charge on any atom is 0.315 e. The first-order valence-electron chi connectivity index (χ1n) is 8.06. The number of benzene rings is 2. The van der Waals surface area contributed by atoms with Gasteiger partial charge in [-0.25, -0.2) is 13.2 Å². The molecule has 2 N–H and O–H groups in total. The van der Waals surface area contributed by atoms with Crippen LogP contribution < -0.4 is 20.1 Å². The summed E-state index contributed by atoms with van der Waals surface area (Å²) in [5, 5.41) is 5.61. The van der Waals surface area contributed by atoms with Crippen LogP contribution in [-0.2, 0) is 16.4 Å². The number of hydrogen-bond donors (Lipinski definition) is 2. The van der Waals surface area contributed by atoms with Crippen LogP contribution in [0, 0.1) is 0 Å². The van der Waals surface area contributed by atoms with Crippen LogP contribution in [0.5, 0.6) is 11.5 Å². The van der Waals surface area contributed by atoms with E-state index in [1.54, 1.807) is 12.1 Å². The van der Waals surface area contributed by atoms with Gasteiger partial charge in [-0.3, -0.25) is 0 Å². The molecular formula is C18H20N2O5S. The number of ether oxygens (including phenoxy) is 2. The Morgan fingerprint density at radius 2 is 1.81 bits per heavy atom. The molecule has 26 heavy (non-hydrogen) atoms. The minimum absolute atomic E-state index is 0.211. The van der Waals surface area contributed by atoms with Crippen LogP contribution in [0.3, 0.4) is 0 Å². The lowest BCUT2D eigenvalue weighted by Crippen LogP contribution is -2.36.